The number of ether oxygens (including phenoxy) is 1. The van der Waals surface area contributed by atoms with Crippen LogP contribution in [-0.2, 0) is 6.42 Å². The Hall–Kier alpha value is -3.55. The van der Waals surface area contributed by atoms with Crippen molar-refractivity contribution in [2.75, 3.05) is 0 Å². The Morgan fingerprint density at radius 1 is 0.714 bits per heavy atom. The van der Waals surface area contributed by atoms with Crippen LogP contribution in [0, 0.1) is 23.3 Å². The van der Waals surface area contributed by atoms with Crippen molar-refractivity contribution in [3.63, 3.8) is 0 Å². The lowest BCUT2D eigenvalue weighted by Crippen LogP contribution is -2.19. The summed E-state index contributed by atoms with van der Waals surface area (Å²) in [6.07, 6.45) is -2.36. The Morgan fingerprint density at radius 2 is 1.37 bits per heavy atom. The van der Waals surface area contributed by atoms with Crippen LogP contribution in [0.5, 0.6) is 5.75 Å². The Bertz CT molecular complexity index is 1370. The Morgan fingerprint density at radius 3 is 2.00 bits per heavy atom. The second-order valence-electron chi connectivity index (χ2n) is 8.10. The first-order valence-electron chi connectivity index (χ1n) is 10.8. The summed E-state index contributed by atoms with van der Waals surface area (Å²) in [4.78, 5) is 0. The maximum absolute atomic E-state index is 15.3. The van der Waals surface area contributed by atoms with E-state index >= 15 is 4.39 Å². The van der Waals surface area contributed by atoms with E-state index < -0.39 is 35.4 Å². The van der Waals surface area contributed by atoms with Crippen LogP contribution in [0.15, 0.2) is 60.7 Å². The number of rotatable bonds is 6. The molecule has 0 bridgehead atoms. The van der Waals surface area contributed by atoms with E-state index in [1.54, 1.807) is 12.1 Å². The van der Waals surface area contributed by atoms with E-state index in [1.165, 1.54) is 18.2 Å². The number of fused-ring (bicyclic) bond motifs is 1. The van der Waals surface area contributed by atoms with Crippen molar-refractivity contribution in [2.24, 2.45) is 0 Å². The van der Waals surface area contributed by atoms with Gasteiger partial charge in [0.2, 0.25) is 5.75 Å². The summed E-state index contributed by atoms with van der Waals surface area (Å²) < 4.78 is 98.7. The van der Waals surface area contributed by atoms with E-state index in [9.17, 15) is 26.3 Å². The Balaban J connectivity index is 1.68. The van der Waals surface area contributed by atoms with Crippen molar-refractivity contribution >= 4 is 10.8 Å². The minimum absolute atomic E-state index is 0.135. The molecule has 0 N–H and O–H groups in total. The van der Waals surface area contributed by atoms with E-state index in [2.05, 4.69) is 11.7 Å². The van der Waals surface area contributed by atoms with Gasteiger partial charge in [0.1, 0.15) is 11.6 Å². The lowest BCUT2D eigenvalue weighted by molar-refractivity contribution is -0.276. The molecule has 182 valence electrons. The van der Waals surface area contributed by atoms with Crippen LogP contribution in [0.3, 0.4) is 0 Å². The zero-order valence-corrected chi connectivity index (χ0v) is 18.4. The number of hydrogen-bond acceptors (Lipinski definition) is 1. The zero-order chi connectivity index (χ0) is 25.3. The smallest absolute Gasteiger partial charge is 0.399 e. The highest BCUT2D eigenvalue weighted by molar-refractivity contribution is 5.89. The van der Waals surface area contributed by atoms with Gasteiger partial charge in [0.05, 0.1) is 0 Å². The van der Waals surface area contributed by atoms with Crippen LogP contribution in [0.4, 0.5) is 30.7 Å². The highest BCUT2D eigenvalue weighted by Crippen LogP contribution is 2.36. The second kappa shape index (κ2) is 9.60. The van der Waals surface area contributed by atoms with Crippen LogP contribution in [0.25, 0.3) is 33.0 Å². The second-order valence-corrected chi connectivity index (χ2v) is 8.10. The van der Waals surface area contributed by atoms with Gasteiger partial charge in [-0.15, -0.1) is 13.2 Å². The molecule has 0 radical (unpaired) electrons. The molecule has 0 spiro atoms. The molecule has 1 nitrogen and oxygen atoms in total. The molecule has 4 aromatic carbocycles. The first-order chi connectivity index (χ1) is 16.6. The fraction of sp³-hybridized carbons (Fsp3) is 0.185. The van der Waals surface area contributed by atoms with Gasteiger partial charge >= 0.3 is 6.36 Å². The van der Waals surface area contributed by atoms with Crippen molar-refractivity contribution < 1.29 is 35.5 Å². The molecule has 4 rings (SSSR count). The van der Waals surface area contributed by atoms with Gasteiger partial charge in [0, 0.05) is 16.5 Å². The van der Waals surface area contributed by atoms with Crippen LogP contribution >= 0.6 is 0 Å². The number of hydrogen-bond donors (Lipinski definition) is 0. The molecule has 4 aromatic rings. The number of aryl methyl sites for hydroxylation is 1. The van der Waals surface area contributed by atoms with E-state index in [-0.39, 0.29) is 22.3 Å². The monoisotopic (exact) mass is 492 g/mol. The van der Waals surface area contributed by atoms with Gasteiger partial charge in [0.25, 0.3) is 0 Å². The molecule has 0 unspecified atom stereocenters. The standard InChI is InChI=1S/C27H19F7O/c1-2-3-4-15-5-8-20-16(11-15)7-10-21(25(20)31)17-6-9-19(22(28)12-17)18-13-23(29)26(24(30)14-18)35-27(32,33)34/h5-14H,2-4H2,1H3. The molecule has 0 fully saturated rings. The molecule has 35 heavy (non-hydrogen) atoms. The number of benzene rings is 4. The molecular formula is C27H19F7O. The fourth-order valence-electron chi connectivity index (χ4n) is 3.95. The molecule has 0 amide bonds. The number of unbranched alkanes of at least 4 members (excludes halogenated alkanes) is 1. The van der Waals surface area contributed by atoms with Gasteiger partial charge in [-0.1, -0.05) is 55.8 Å². The molecule has 8 heteroatoms. The topological polar surface area (TPSA) is 9.23 Å². The van der Waals surface area contributed by atoms with E-state index in [4.69, 9.17) is 0 Å². The van der Waals surface area contributed by atoms with Crippen molar-refractivity contribution in [3.8, 4) is 28.0 Å². The molecule has 0 saturated carbocycles. The maximum Gasteiger partial charge on any atom is 0.573 e. The van der Waals surface area contributed by atoms with Crippen LogP contribution in [0.2, 0.25) is 0 Å². The molecule has 0 saturated heterocycles. The minimum atomic E-state index is -5.29. The van der Waals surface area contributed by atoms with Gasteiger partial charge in [-0.25, -0.2) is 17.6 Å². The first-order valence-corrected chi connectivity index (χ1v) is 10.8. The van der Waals surface area contributed by atoms with Gasteiger partial charge < -0.3 is 4.74 Å². The summed E-state index contributed by atoms with van der Waals surface area (Å²) >= 11 is 0. The fourth-order valence-corrected chi connectivity index (χ4v) is 3.95. The van der Waals surface area contributed by atoms with Gasteiger partial charge in [0.15, 0.2) is 11.6 Å². The quantitative estimate of drug-likeness (QED) is 0.244. The van der Waals surface area contributed by atoms with Crippen LogP contribution in [-0.4, -0.2) is 6.36 Å². The normalized spacial score (nSPS) is 11.8. The van der Waals surface area contributed by atoms with Crippen molar-refractivity contribution in [3.05, 3.63) is 89.5 Å². The summed E-state index contributed by atoms with van der Waals surface area (Å²) in [5, 5.41) is 1.08. The average molecular weight is 492 g/mol. The number of alkyl halides is 3. The van der Waals surface area contributed by atoms with Crippen molar-refractivity contribution in [1.82, 2.24) is 0 Å². The molecular weight excluding hydrogens is 473 g/mol. The summed E-state index contributed by atoms with van der Waals surface area (Å²) in [6, 6.07) is 13.3. The SMILES string of the molecule is CCCCc1ccc2c(F)c(-c3ccc(-c4cc(F)c(OC(F)(F)F)c(F)c4)c(F)c3)ccc2c1. The predicted molar refractivity (Wildman–Crippen MR) is 120 cm³/mol. The van der Waals surface area contributed by atoms with Gasteiger partial charge in [-0.05, 0) is 53.1 Å². The van der Waals surface area contributed by atoms with Crippen LogP contribution < -0.4 is 4.74 Å². The third-order valence-electron chi connectivity index (χ3n) is 5.64. The van der Waals surface area contributed by atoms with E-state index in [1.807, 2.05) is 12.1 Å². The summed E-state index contributed by atoms with van der Waals surface area (Å²) in [5.41, 5.74) is 0.811. The highest BCUT2D eigenvalue weighted by atomic mass is 19.4. The van der Waals surface area contributed by atoms with Crippen LogP contribution in [0.1, 0.15) is 25.3 Å². The van der Waals surface area contributed by atoms with E-state index in [0.717, 1.165) is 30.9 Å². The zero-order valence-electron chi connectivity index (χ0n) is 18.4. The summed E-state index contributed by atoms with van der Waals surface area (Å²) in [5.74, 6) is -6.38. The molecule has 0 aliphatic heterocycles. The predicted octanol–water partition coefficient (Wildman–Crippen LogP) is 8.97. The lowest BCUT2D eigenvalue weighted by atomic mass is 9.96. The molecule has 0 atom stereocenters. The Kier molecular flexibility index (Phi) is 6.74. The third kappa shape index (κ3) is 5.26. The molecule has 0 aliphatic carbocycles. The molecule has 0 heterocycles. The first kappa shape index (κ1) is 24.6. The third-order valence-corrected chi connectivity index (χ3v) is 5.64. The lowest BCUT2D eigenvalue weighted by Gasteiger charge is -2.13. The Labute approximate surface area is 196 Å². The van der Waals surface area contributed by atoms with E-state index in [0.29, 0.717) is 22.9 Å². The minimum Gasteiger partial charge on any atom is -0.399 e. The molecule has 0 aliphatic rings. The average Bonchev–Trinajstić information content (AvgIpc) is 2.79. The maximum atomic E-state index is 15.3. The van der Waals surface area contributed by atoms with Crippen molar-refractivity contribution in [2.45, 2.75) is 32.5 Å². The van der Waals surface area contributed by atoms with Gasteiger partial charge in [-0.3, -0.25) is 0 Å². The number of halogens is 7. The highest BCUT2D eigenvalue weighted by Gasteiger charge is 2.34. The summed E-state index contributed by atoms with van der Waals surface area (Å²) in [6.45, 7) is 2.09. The largest absolute Gasteiger partial charge is 0.573 e. The van der Waals surface area contributed by atoms with Crippen molar-refractivity contribution in [1.29, 1.82) is 0 Å². The van der Waals surface area contributed by atoms with Gasteiger partial charge in [-0.2, -0.15) is 0 Å². The molecule has 0 aromatic heterocycles. The summed E-state index contributed by atoms with van der Waals surface area (Å²) in [7, 11) is 0.